The lowest BCUT2D eigenvalue weighted by molar-refractivity contribution is 0.103. The Labute approximate surface area is 133 Å². The Kier molecular flexibility index (Phi) is 5.03. The molecule has 2 rings (SSSR count). The minimum absolute atomic E-state index is 0.128. The summed E-state index contributed by atoms with van der Waals surface area (Å²) in [5.74, 6) is 5.51. The molecule has 0 saturated heterocycles. The molecule has 1 amide bonds. The molecule has 3 N–H and O–H groups in total. The lowest BCUT2D eigenvalue weighted by Gasteiger charge is -2.05. The number of nitrogens with one attached hydrogen (secondary N) is 1. The van der Waals surface area contributed by atoms with Crippen molar-refractivity contribution < 1.29 is 4.79 Å². The zero-order chi connectivity index (χ0) is 15.4. The molecule has 0 aliphatic heterocycles. The molecule has 1 aromatic carbocycles. The molecule has 5 heteroatoms. The highest BCUT2D eigenvalue weighted by Crippen LogP contribution is 2.23. The second-order valence-electron chi connectivity index (χ2n) is 4.50. The zero-order valence-corrected chi connectivity index (χ0v) is 13.4. The van der Waals surface area contributed by atoms with Crippen LogP contribution < -0.4 is 11.1 Å². The standard InChI is InChI=1S/C16H15ClN2OS/c1-10-8-15(21-11(10)2)16(20)19-13-5-6-14(17)12(9-13)4-3-7-18/h5-6,8-9H,7,18H2,1-2H3,(H,19,20). The Morgan fingerprint density at radius 1 is 1.38 bits per heavy atom. The summed E-state index contributed by atoms with van der Waals surface area (Å²) in [4.78, 5) is 14.0. The molecule has 0 radical (unpaired) electrons. The number of rotatable bonds is 2. The minimum Gasteiger partial charge on any atom is -0.321 e. The van der Waals surface area contributed by atoms with Crippen molar-refractivity contribution in [2.75, 3.05) is 11.9 Å². The Balaban J connectivity index is 2.21. The Hall–Kier alpha value is -1.80. The summed E-state index contributed by atoms with van der Waals surface area (Å²) < 4.78 is 0. The Morgan fingerprint density at radius 3 is 2.76 bits per heavy atom. The number of anilines is 1. The summed E-state index contributed by atoms with van der Waals surface area (Å²) in [6.45, 7) is 4.26. The number of carbonyl (C=O) groups excluding carboxylic acids is 1. The lowest BCUT2D eigenvalue weighted by atomic mass is 10.2. The van der Waals surface area contributed by atoms with Crippen LogP contribution in [0.5, 0.6) is 0 Å². The first-order valence-corrected chi connectivity index (χ1v) is 7.57. The molecule has 0 fully saturated rings. The Morgan fingerprint density at radius 2 is 2.14 bits per heavy atom. The van der Waals surface area contributed by atoms with Crippen molar-refractivity contribution in [3.8, 4) is 11.8 Å². The van der Waals surface area contributed by atoms with Crippen LogP contribution in [0.1, 0.15) is 25.7 Å². The van der Waals surface area contributed by atoms with Crippen LogP contribution in [0.4, 0.5) is 5.69 Å². The third-order valence-electron chi connectivity index (χ3n) is 2.94. The fourth-order valence-electron chi connectivity index (χ4n) is 1.72. The van der Waals surface area contributed by atoms with Gasteiger partial charge in [-0.25, -0.2) is 0 Å². The van der Waals surface area contributed by atoms with Crippen molar-refractivity contribution >= 4 is 34.5 Å². The smallest absolute Gasteiger partial charge is 0.265 e. The number of amides is 1. The van der Waals surface area contributed by atoms with E-state index >= 15 is 0 Å². The monoisotopic (exact) mass is 318 g/mol. The maximum atomic E-state index is 12.2. The molecule has 0 aliphatic rings. The van der Waals surface area contributed by atoms with E-state index in [2.05, 4.69) is 17.2 Å². The molecule has 0 spiro atoms. The molecule has 0 saturated carbocycles. The molecule has 0 atom stereocenters. The molecule has 2 aromatic rings. The van der Waals surface area contributed by atoms with Crippen LogP contribution in [-0.4, -0.2) is 12.5 Å². The number of aryl methyl sites for hydroxylation is 2. The third kappa shape index (κ3) is 3.85. The average Bonchev–Trinajstić information content (AvgIpc) is 2.79. The number of carbonyl (C=O) groups is 1. The predicted molar refractivity (Wildman–Crippen MR) is 89.1 cm³/mol. The van der Waals surface area contributed by atoms with Gasteiger partial charge in [0.25, 0.3) is 5.91 Å². The van der Waals surface area contributed by atoms with Gasteiger partial charge < -0.3 is 11.1 Å². The number of benzene rings is 1. The van der Waals surface area contributed by atoms with E-state index in [1.54, 1.807) is 18.2 Å². The molecule has 3 nitrogen and oxygen atoms in total. The van der Waals surface area contributed by atoms with Crippen molar-refractivity contribution in [2.45, 2.75) is 13.8 Å². The van der Waals surface area contributed by atoms with Gasteiger partial charge in [0.1, 0.15) is 0 Å². The maximum absolute atomic E-state index is 12.2. The fourth-order valence-corrected chi connectivity index (χ4v) is 2.82. The quantitative estimate of drug-likeness (QED) is 0.832. The predicted octanol–water partition coefficient (Wildman–Crippen LogP) is 3.58. The highest BCUT2D eigenvalue weighted by atomic mass is 35.5. The third-order valence-corrected chi connectivity index (χ3v) is 4.42. The van der Waals surface area contributed by atoms with E-state index in [4.69, 9.17) is 17.3 Å². The van der Waals surface area contributed by atoms with Crippen LogP contribution in [-0.2, 0) is 0 Å². The summed E-state index contributed by atoms with van der Waals surface area (Å²) in [5.41, 5.74) is 7.79. The van der Waals surface area contributed by atoms with E-state index in [9.17, 15) is 4.79 Å². The van der Waals surface area contributed by atoms with Gasteiger partial charge in [0, 0.05) is 16.1 Å². The summed E-state index contributed by atoms with van der Waals surface area (Å²) >= 11 is 7.54. The van der Waals surface area contributed by atoms with Gasteiger partial charge in [-0.05, 0) is 43.7 Å². The topological polar surface area (TPSA) is 55.1 Å². The van der Waals surface area contributed by atoms with E-state index < -0.39 is 0 Å². The summed E-state index contributed by atoms with van der Waals surface area (Å²) in [6, 6.07) is 7.10. The van der Waals surface area contributed by atoms with Crippen molar-refractivity contribution in [3.05, 3.63) is 50.2 Å². The number of hydrogen-bond acceptors (Lipinski definition) is 3. The average molecular weight is 319 g/mol. The molecular weight excluding hydrogens is 304 g/mol. The van der Waals surface area contributed by atoms with Crippen molar-refractivity contribution in [3.63, 3.8) is 0 Å². The SMILES string of the molecule is Cc1cc(C(=O)Nc2ccc(Cl)c(C#CCN)c2)sc1C. The number of hydrogen-bond donors (Lipinski definition) is 2. The van der Waals surface area contributed by atoms with Gasteiger partial charge >= 0.3 is 0 Å². The van der Waals surface area contributed by atoms with Gasteiger partial charge in [0.2, 0.25) is 0 Å². The van der Waals surface area contributed by atoms with Crippen LogP contribution in [0.15, 0.2) is 24.3 Å². The van der Waals surface area contributed by atoms with E-state index in [0.717, 1.165) is 10.4 Å². The van der Waals surface area contributed by atoms with Gasteiger partial charge in [0.05, 0.1) is 16.4 Å². The molecule has 1 heterocycles. The summed E-state index contributed by atoms with van der Waals surface area (Å²) in [5, 5.41) is 3.40. The normalized spacial score (nSPS) is 9.90. The van der Waals surface area contributed by atoms with Crippen molar-refractivity contribution in [1.82, 2.24) is 0 Å². The van der Waals surface area contributed by atoms with Crippen molar-refractivity contribution in [2.24, 2.45) is 5.73 Å². The molecule has 108 valence electrons. The van der Waals surface area contributed by atoms with Gasteiger partial charge in [-0.15, -0.1) is 11.3 Å². The van der Waals surface area contributed by atoms with Crippen LogP contribution in [0.25, 0.3) is 0 Å². The van der Waals surface area contributed by atoms with Crippen LogP contribution in [0.2, 0.25) is 5.02 Å². The van der Waals surface area contributed by atoms with E-state index in [-0.39, 0.29) is 12.5 Å². The highest BCUT2D eigenvalue weighted by molar-refractivity contribution is 7.14. The first-order chi connectivity index (χ1) is 10.0. The van der Waals surface area contributed by atoms with Gasteiger partial charge in [0.15, 0.2) is 0 Å². The largest absolute Gasteiger partial charge is 0.321 e. The van der Waals surface area contributed by atoms with Crippen molar-refractivity contribution in [1.29, 1.82) is 0 Å². The molecule has 1 aromatic heterocycles. The van der Waals surface area contributed by atoms with E-state index in [1.165, 1.54) is 11.3 Å². The van der Waals surface area contributed by atoms with Crippen LogP contribution in [0.3, 0.4) is 0 Å². The summed E-state index contributed by atoms with van der Waals surface area (Å²) in [7, 11) is 0. The number of halogens is 1. The number of nitrogens with two attached hydrogens (primary N) is 1. The second kappa shape index (κ2) is 6.77. The maximum Gasteiger partial charge on any atom is 0.265 e. The molecule has 21 heavy (non-hydrogen) atoms. The first kappa shape index (κ1) is 15.6. The zero-order valence-electron chi connectivity index (χ0n) is 11.8. The molecule has 0 bridgehead atoms. The number of thiophene rings is 1. The van der Waals surface area contributed by atoms with Gasteiger partial charge in [-0.2, -0.15) is 0 Å². The lowest BCUT2D eigenvalue weighted by Crippen LogP contribution is -2.10. The summed E-state index contributed by atoms with van der Waals surface area (Å²) in [6.07, 6.45) is 0. The van der Waals surface area contributed by atoms with Gasteiger partial charge in [-0.1, -0.05) is 23.4 Å². The molecule has 0 aliphatic carbocycles. The van der Waals surface area contributed by atoms with E-state index in [0.29, 0.717) is 21.2 Å². The molecular formula is C16H15ClN2OS. The van der Waals surface area contributed by atoms with Gasteiger partial charge in [-0.3, -0.25) is 4.79 Å². The van der Waals surface area contributed by atoms with Crippen LogP contribution in [0, 0.1) is 25.7 Å². The minimum atomic E-state index is -0.128. The first-order valence-electron chi connectivity index (χ1n) is 6.38. The molecule has 0 unspecified atom stereocenters. The fraction of sp³-hybridized carbons (Fsp3) is 0.188. The van der Waals surface area contributed by atoms with Crippen LogP contribution >= 0.6 is 22.9 Å². The Bertz CT molecular complexity index is 721. The second-order valence-corrected chi connectivity index (χ2v) is 6.17. The highest BCUT2D eigenvalue weighted by Gasteiger charge is 2.11. The van der Waals surface area contributed by atoms with E-state index in [1.807, 2.05) is 19.9 Å².